The Kier molecular flexibility index (Phi) is 2.83. The largest absolute Gasteiger partial charge is 0.348 e. The van der Waals surface area contributed by atoms with Gasteiger partial charge in [-0.05, 0) is 17.7 Å². The lowest BCUT2D eigenvalue weighted by Crippen LogP contribution is -2.34. The molecule has 0 aliphatic carbocycles. The van der Waals surface area contributed by atoms with E-state index in [1.165, 1.54) is 17.0 Å². The average Bonchev–Trinajstić information content (AvgIpc) is 2.26. The lowest BCUT2D eigenvalue weighted by Gasteiger charge is -2.26. The van der Waals surface area contributed by atoms with Crippen LogP contribution in [0.2, 0.25) is 0 Å². The first-order valence-electron chi connectivity index (χ1n) is 5.29. The maximum absolute atomic E-state index is 13.1. The molecule has 1 unspecified atom stereocenters. The number of hydrogen-bond donors (Lipinski definition) is 1. The molecular formula is C12H13FN2O2. The highest BCUT2D eigenvalue weighted by Gasteiger charge is 2.31. The van der Waals surface area contributed by atoms with Gasteiger partial charge in [-0.1, -0.05) is 6.07 Å². The lowest BCUT2D eigenvalue weighted by atomic mass is 9.89. The predicted octanol–water partition coefficient (Wildman–Crippen LogP) is 1.34. The monoisotopic (exact) mass is 236 g/mol. The fraction of sp³-hybridized carbons (Fsp3) is 0.333. The number of hydrogen-bond acceptors (Lipinski definition) is 2. The molecule has 0 fully saturated rings. The number of rotatable bonds is 1. The molecule has 4 nitrogen and oxygen atoms in total. The molecule has 1 aromatic rings. The number of carbonyl (C=O) groups is 2. The van der Waals surface area contributed by atoms with Gasteiger partial charge in [-0.3, -0.25) is 9.59 Å². The summed E-state index contributed by atoms with van der Waals surface area (Å²) in [6.45, 7) is 0. The highest BCUT2D eigenvalue weighted by molar-refractivity contribution is 6.01. The van der Waals surface area contributed by atoms with Crippen LogP contribution in [0.5, 0.6) is 0 Å². The standard InChI is InChI=1S/C12H13FN2O2/c1-15(2)12(17)9-6-11(16)14-10-5-7(13)3-4-8(9)10/h3-5,9H,6H2,1-2H3,(H,14,16). The van der Waals surface area contributed by atoms with E-state index >= 15 is 0 Å². The quantitative estimate of drug-likeness (QED) is 0.800. The number of fused-ring (bicyclic) bond motifs is 1. The molecule has 1 N–H and O–H groups in total. The average molecular weight is 236 g/mol. The molecule has 2 rings (SSSR count). The summed E-state index contributed by atoms with van der Waals surface area (Å²) in [7, 11) is 3.27. The Balaban J connectivity index is 2.44. The van der Waals surface area contributed by atoms with Crippen LogP contribution >= 0.6 is 0 Å². The summed E-state index contributed by atoms with van der Waals surface area (Å²) in [5, 5.41) is 2.57. The highest BCUT2D eigenvalue weighted by Crippen LogP contribution is 2.33. The molecule has 0 bridgehead atoms. The molecule has 90 valence electrons. The third-order valence-electron chi connectivity index (χ3n) is 2.79. The first kappa shape index (κ1) is 11.6. The van der Waals surface area contributed by atoms with Crippen molar-refractivity contribution in [3.05, 3.63) is 29.6 Å². The second-order valence-corrected chi connectivity index (χ2v) is 4.27. The van der Waals surface area contributed by atoms with Crippen molar-refractivity contribution in [2.24, 2.45) is 0 Å². The van der Waals surface area contributed by atoms with Gasteiger partial charge >= 0.3 is 0 Å². The Morgan fingerprint density at radius 2 is 2.18 bits per heavy atom. The first-order valence-corrected chi connectivity index (χ1v) is 5.29. The van der Waals surface area contributed by atoms with Gasteiger partial charge in [0.2, 0.25) is 11.8 Å². The smallest absolute Gasteiger partial charge is 0.230 e. The number of likely N-dealkylation sites (N-methyl/N-ethyl adjacent to an activating group) is 1. The van der Waals surface area contributed by atoms with Crippen LogP contribution in [-0.2, 0) is 9.59 Å². The van der Waals surface area contributed by atoms with Crippen molar-refractivity contribution < 1.29 is 14.0 Å². The van der Waals surface area contributed by atoms with Gasteiger partial charge in [0.15, 0.2) is 0 Å². The van der Waals surface area contributed by atoms with Crippen molar-refractivity contribution in [3.8, 4) is 0 Å². The van der Waals surface area contributed by atoms with Gasteiger partial charge in [0.1, 0.15) is 5.82 Å². The van der Waals surface area contributed by atoms with E-state index in [4.69, 9.17) is 0 Å². The number of amides is 2. The minimum Gasteiger partial charge on any atom is -0.348 e. The summed E-state index contributed by atoms with van der Waals surface area (Å²) in [5.41, 5.74) is 1.06. The third kappa shape index (κ3) is 2.13. The van der Waals surface area contributed by atoms with E-state index in [0.717, 1.165) is 0 Å². The third-order valence-corrected chi connectivity index (χ3v) is 2.79. The number of nitrogens with one attached hydrogen (secondary N) is 1. The zero-order chi connectivity index (χ0) is 12.6. The molecule has 0 spiro atoms. The fourth-order valence-corrected chi connectivity index (χ4v) is 1.97. The SMILES string of the molecule is CN(C)C(=O)C1CC(=O)Nc2cc(F)ccc21. The molecular weight excluding hydrogens is 223 g/mol. The molecule has 1 heterocycles. The summed E-state index contributed by atoms with van der Waals surface area (Å²) in [4.78, 5) is 24.9. The topological polar surface area (TPSA) is 49.4 Å². The summed E-state index contributed by atoms with van der Waals surface area (Å²) in [5.74, 6) is -1.35. The van der Waals surface area contributed by atoms with E-state index in [2.05, 4.69) is 5.32 Å². The number of benzene rings is 1. The van der Waals surface area contributed by atoms with E-state index in [-0.39, 0.29) is 18.2 Å². The van der Waals surface area contributed by atoms with E-state index in [1.807, 2.05) is 0 Å². The number of anilines is 1. The van der Waals surface area contributed by atoms with Crippen LogP contribution in [0.1, 0.15) is 17.9 Å². The Morgan fingerprint density at radius 3 is 2.82 bits per heavy atom. The lowest BCUT2D eigenvalue weighted by molar-refractivity contribution is -0.132. The van der Waals surface area contributed by atoms with Crippen LogP contribution in [0.15, 0.2) is 18.2 Å². The zero-order valence-electron chi connectivity index (χ0n) is 9.66. The van der Waals surface area contributed by atoms with Crippen molar-refractivity contribution >= 4 is 17.5 Å². The predicted molar refractivity (Wildman–Crippen MR) is 61.1 cm³/mol. The molecule has 0 aromatic heterocycles. The molecule has 1 aliphatic rings. The molecule has 0 saturated carbocycles. The molecule has 2 amide bonds. The van der Waals surface area contributed by atoms with Crippen molar-refractivity contribution in [1.82, 2.24) is 4.90 Å². The molecule has 1 aromatic carbocycles. The highest BCUT2D eigenvalue weighted by atomic mass is 19.1. The molecule has 1 atom stereocenters. The second kappa shape index (κ2) is 4.16. The van der Waals surface area contributed by atoms with Gasteiger partial charge in [0.05, 0.1) is 5.92 Å². The van der Waals surface area contributed by atoms with Gasteiger partial charge in [-0.15, -0.1) is 0 Å². The Bertz CT molecular complexity index is 485. The second-order valence-electron chi connectivity index (χ2n) is 4.27. The molecule has 0 saturated heterocycles. The van der Waals surface area contributed by atoms with E-state index in [1.54, 1.807) is 20.2 Å². The summed E-state index contributed by atoms with van der Waals surface area (Å²) < 4.78 is 13.1. The van der Waals surface area contributed by atoms with E-state index < -0.39 is 11.7 Å². The minimum atomic E-state index is -0.519. The molecule has 0 radical (unpaired) electrons. The fourth-order valence-electron chi connectivity index (χ4n) is 1.97. The summed E-state index contributed by atoms with van der Waals surface area (Å²) >= 11 is 0. The van der Waals surface area contributed by atoms with Crippen molar-refractivity contribution in [2.45, 2.75) is 12.3 Å². The van der Waals surface area contributed by atoms with Crippen LogP contribution in [0.4, 0.5) is 10.1 Å². The maximum Gasteiger partial charge on any atom is 0.230 e. The molecule has 17 heavy (non-hydrogen) atoms. The minimum absolute atomic E-state index is 0.107. The van der Waals surface area contributed by atoms with Gasteiger partial charge in [0, 0.05) is 26.2 Å². The Labute approximate surface area is 98.4 Å². The number of halogens is 1. The van der Waals surface area contributed by atoms with Crippen LogP contribution in [-0.4, -0.2) is 30.8 Å². The van der Waals surface area contributed by atoms with E-state index in [9.17, 15) is 14.0 Å². The van der Waals surface area contributed by atoms with Crippen LogP contribution < -0.4 is 5.32 Å². The van der Waals surface area contributed by atoms with Crippen LogP contribution in [0.3, 0.4) is 0 Å². The van der Waals surface area contributed by atoms with E-state index in [0.29, 0.717) is 11.3 Å². The van der Waals surface area contributed by atoms with Crippen LogP contribution in [0, 0.1) is 5.82 Å². The first-order chi connectivity index (χ1) is 7.99. The van der Waals surface area contributed by atoms with Gasteiger partial charge in [0.25, 0.3) is 0 Å². The van der Waals surface area contributed by atoms with Crippen LogP contribution in [0.25, 0.3) is 0 Å². The number of nitrogens with zero attached hydrogens (tertiary/aromatic N) is 1. The van der Waals surface area contributed by atoms with Crippen molar-refractivity contribution in [2.75, 3.05) is 19.4 Å². The van der Waals surface area contributed by atoms with Gasteiger partial charge < -0.3 is 10.2 Å². The Morgan fingerprint density at radius 1 is 1.47 bits per heavy atom. The number of carbonyl (C=O) groups excluding carboxylic acids is 2. The normalized spacial score (nSPS) is 18.3. The van der Waals surface area contributed by atoms with Crippen molar-refractivity contribution in [1.29, 1.82) is 0 Å². The van der Waals surface area contributed by atoms with Gasteiger partial charge in [-0.2, -0.15) is 0 Å². The summed E-state index contributed by atoms with van der Waals surface area (Å²) in [6.07, 6.45) is 0.107. The summed E-state index contributed by atoms with van der Waals surface area (Å²) in [6, 6.07) is 4.09. The van der Waals surface area contributed by atoms with Crippen molar-refractivity contribution in [3.63, 3.8) is 0 Å². The molecule has 1 aliphatic heterocycles. The maximum atomic E-state index is 13.1. The Hall–Kier alpha value is -1.91. The zero-order valence-corrected chi connectivity index (χ0v) is 9.66. The van der Waals surface area contributed by atoms with Gasteiger partial charge in [-0.25, -0.2) is 4.39 Å². The molecule has 5 heteroatoms.